The molecule has 6 rings (SSSR count). The van der Waals surface area contributed by atoms with Crippen LogP contribution in [0.3, 0.4) is 0 Å². The van der Waals surface area contributed by atoms with Crippen LogP contribution >= 0.6 is 22.9 Å². The van der Waals surface area contributed by atoms with Crippen molar-refractivity contribution in [1.82, 2.24) is 15.5 Å². The van der Waals surface area contributed by atoms with Crippen LogP contribution in [0.5, 0.6) is 11.5 Å². The molecule has 0 bridgehead atoms. The van der Waals surface area contributed by atoms with E-state index in [2.05, 4.69) is 20.8 Å². The third-order valence-corrected chi connectivity index (χ3v) is 8.07. The number of rotatable bonds is 6. The predicted octanol–water partition coefficient (Wildman–Crippen LogP) is 3.81. The van der Waals surface area contributed by atoms with Crippen LogP contribution in [0.15, 0.2) is 48.7 Å². The molecule has 1 saturated heterocycles. The number of anilines is 1. The van der Waals surface area contributed by atoms with Crippen molar-refractivity contribution in [2.24, 2.45) is 0 Å². The first kappa shape index (κ1) is 21.8. The van der Waals surface area contributed by atoms with Gasteiger partial charge in [0.2, 0.25) is 5.91 Å². The van der Waals surface area contributed by atoms with E-state index in [-0.39, 0.29) is 18.1 Å². The van der Waals surface area contributed by atoms with E-state index in [0.29, 0.717) is 28.2 Å². The molecule has 0 spiro atoms. The minimum atomic E-state index is -0.589. The lowest BCUT2D eigenvalue weighted by Gasteiger charge is -2.27. The second kappa shape index (κ2) is 8.51. The third-order valence-electron chi connectivity index (χ3n) is 6.76. The highest BCUT2D eigenvalue weighted by molar-refractivity contribution is 7.15. The van der Waals surface area contributed by atoms with Crippen molar-refractivity contribution < 1.29 is 19.6 Å². The summed E-state index contributed by atoms with van der Waals surface area (Å²) in [6.45, 7) is 1.33. The summed E-state index contributed by atoms with van der Waals surface area (Å²) in [5.41, 5.74) is 3.65. The van der Waals surface area contributed by atoms with Crippen molar-refractivity contribution in [3.05, 3.63) is 69.7 Å². The van der Waals surface area contributed by atoms with Gasteiger partial charge in [0.05, 0.1) is 17.6 Å². The van der Waals surface area contributed by atoms with Crippen molar-refractivity contribution in [2.75, 3.05) is 18.4 Å². The molecule has 2 aromatic carbocycles. The summed E-state index contributed by atoms with van der Waals surface area (Å²) in [6, 6.07) is 13.2. The van der Waals surface area contributed by atoms with E-state index in [1.165, 1.54) is 11.3 Å². The number of amides is 1. The van der Waals surface area contributed by atoms with Gasteiger partial charge in [0.1, 0.15) is 0 Å². The Kier molecular flexibility index (Phi) is 5.46. The average Bonchev–Trinajstić information content (AvgIpc) is 3.13. The normalized spacial score (nSPS) is 21.4. The molecule has 2 unspecified atom stereocenters. The van der Waals surface area contributed by atoms with E-state index in [1.54, 1.807) is 12.3 Å². The van der Waals surface area contributed by atoms with Gasteiger partial charge >= 0.3 is 0 Å². The number of β-amino-alcohol motifs (C(OH)–C–C–N with tert-alkyl or cyclic N) is 1. The number of carbonyl (C=O) groups excluding carboxylic acids is 1. The standard InChI is InChI=1S/C24H23ClN4O4S/c25-17-4-2-1-3-16(17)21(29-10-7-15(30)13-29)20-12-26-23(34-20)27-22(31)24(8-9-24)14-5-6-18-19(11-14)33-28-32-18/h1-6,11-12,15,21,28,30H,7-10,13H2,(H,26,27,31). The quantitative estimate of drug-likeness (QED) is 0.475. The number of fused-ring (bicyclic) bond motifs is 1. The van der Waals surface area contributed by atoms with Gasteiger partial charge < -0.3 is 20.1 Å². The smallest absolute Gasteiger partial charge is 0.236 e. The maximum absolute atomic E-state index is 13.3. The van der Waals surface area contributed by atoms with Crippen molar-refractivity contribution in [1.29, 1.82) is 0 Å². The molecule has 1 aromatic heterocycles. The van der Waals surface area contributed by atoms with Crippen LogP contribution < -0.4 is 20.6 Å². The summed E-state index contributed by atoms with van der Waals surface area (Å²) in [5.74, 6) is 1.09. The molecule has 0 radical (unpaired) electrons. The molecule has 10 heteroatoms. The second-order valence-corrected chi connectivity index (χ2v) is 10.4. The minimum Gasteiger partial charge on any atom is -0.392 e. The van der Waals surface area contributed by atoms with E-state index >= 15 is 0 Å². The molecule has 2 aliphatic heterocycles. The molecule has 3 aromatic rings. The number of halogens is 1. The maximum atomic E-state index is 13.3. The first-order chi connectivity index (χ1) is 16.5. The Balaban J connectivity index is 1.25. The van der Waals surface area contributed by atoms with Gasteiger partial charge in [0.25, 0.3) is 0 Å². The number of benzene rings is 2. The van der Waals surface area contributed by atoms with Crippen molar-refractivity contribution in [3.63, 3.8) is 0 Å². The highest BCUT2D eigenvalue weighted by Crippen LogP contribution is 2.51. The van der Waals surface area contributed by atoms with Gasteiger partial charge in [-0.1, -0.05) is 47.2 Å². The fourth-order valence-corrected chi connectivity index (χ4v) is 5.97. The summed E-state index contributed by atoms with van der Waals surface area (Å²) in [4.78, 5) is 31.4. The molecule has 1 saturated carbocycles. The molecular formula is C24H23ClN4O4S. The summed E-state index contributed by atoms with van der Waals surface area (Å²) >= 11 is 7.99. The Labute approximate surface area is 205 Å². The third kappa shape index (κ3) is 3.83. The molecule has 3 heterocycles. The highest BCUT2D eigenvalue weighted by Gasteiger charge is 2.52. The Morgan fingerprint density at radius 1 is 1.26 bits per heavy atom. The molecule has 2 atom stereocenters. The Hall–Kier alpha value is -2.69. The van der Waals surface area contributed by atoms with Crippen LogP contribution in [-0.2, 0) is 10.2 Å². The molecule has 8 nitrogen and oxygen atoms in total. The summed E-state index contributed by atoms with van der Waals surface area (Å²) in [6.07, 6.45) is 3.68. The van der Waals surface area contributed by atoms with Crippen molar-refractivity contribution in [2.45, 2.75) is 36.8 Å². The van der Waals surface area contributed by atoms with Gasteiger partial charge in [0, 0.05) is 34.8 Å². The van der Waals surface area contributed by atoms with Crippen LogP contribution in [0, 0.1) is 0 Å². The van der Waals surface area contributed by atoms with Crippen molar-refractivity contribution >= 4 is 34.0 Å². The van der Waals surface area contributed by atoms with Crippen LogP contribution in [0.1, 0.15) is 41.3 Å². The van der Waals surface area contributed by atoms with Gasteiger partial charge in [-0.25, -0.2) is 4.98 Å². The van der Waals surface area contributed by atoms with Crippen LogP contribution in [0.4, 0.5) is 5.13 Å². The number of hydrogen-bond acceptors (Lipinski definition) is 8. The Bertz CT molecular complexity index is 1250. The van der Waals surface area contributed by atoms with Gasteiger partial charge in [0.15, 0.2) is 16.6 Å². The van der Waals surface area contributed by atoms with Crippen LogP contribution in [-0.4, -0.2) is 40.1 Å². The largest absolute Gasteiger partial charge is 0.392 e. The predicted molar refractivity (Wildman–Crippen MR) is 128 cm³/mol. The summed E-state index contributed by atoms with van der Waals surface area (Å²) in [7, 11) is 0. The average molecular weight is 499 g/mol. The molecule has 176 valence electrons. The zero-order valence-corrected chi connectivity index (χ0v) is 19.7. The molecular weight excluding hydrogens is 476 g/mol. The molecule has 34 heavy (non-hydrogen) atoms. The molecule has 3 aliphatic rings. The first-order valence-electron chi connectivity index (χ1n) is 11.2. The summed E-state index contributed by atoms with van der Waals surface area (Å²) in [5, 5.41) is 14.4. The fraction of sp³-hybridized carbons (Fsp3) is 0.333. The monoisotopic (exact) mass is 498 g/mol. The Morgan fingerprint density at radius 3 is 2.85 bits per heavy atom. The first-order valence-corrected chi connectivity index (χ1v) is 12.4. The van der Waals surface area contributed by atoms with E-state index in [1.807, 2.05) is 36.4 Å². The molecule has 1 amide bonds. The van der Waals surface area contributed by atoms with Gasteiger partial charge in [-0.2, -0.15) is 0 Å². The SMILES string of the molecule is O=C(Nc1ncc(C(c2ccccc2Cl)N2CCC(O)C2)s1)C1(c2ccc3c(c2)ONO3)CC1. The van der Waals surface area contributed by atoms with E-state index in [9.17, 15) is 9.90 Å². The van der Waals surface area contributed by atoms with E-state index in [4.69, 9.17) is 21.3 Å². The fourth-order valence-electron chi connectivity index (χ4n) is 4.77. The van der Waals surface area contributed by atoms with Crippen molar-refractivity contribution in [3.8, 4) is 11.5 Å². The van der Waals surface area contributed by atoms with E-state index < -0.39 is 5.41 Å². The topological polar surface area (TPSA) is 96.0 Å². The summed E-state index contributed by atoms with van der Waals surface area (Å²) < 4.78 is 0. The lowest BCUT2D eigenvalue weighted by atomic mass is 9.94. The number of nitrogens with one attached hydrogen (secondary N) is 2. The van der Waals surface area contributed by atoms with Crippen LogP contribution in [0.2, 0.25) is 5.02 Å². The number of likely N-dealkylation sites (tertiary alicyclic amines) is 1. The van der Waals surface area contributed by atoms with Crippen LogP contribution in [0.25, 0.3) is 0 Å². The number of aliphatic hydroxyl groups is 1. The lowest BCUT2D eigenvalue weighted by Crippen LogP contribution is -2.28. The number of aromatic nitrogens is 1. The highest BCUT2D eigenvalue weighted by atomic mass is 35.5. The molecule has 2 fully saturated rings. The second-order valence-electron chi connectivity index (χ2n) is 8.91. The molecule has 3 N–H and O–H groups in total. The van der Waals surface area contributed by atoms with Gasteiger partial charge in [-0.05, 0) is 48.6 Å². The number of carbonyl (C=O) groups is 1. The van der Waals surface area contributed by atoms with Gasteiger partial charge in [-0.3, -0.25) is 9.69 Å². The van der Waals surface area contributed by atoms with E-state index in [0.717, 1.165) is 41.8 Å². The zero-order valence-electron chi connectivity index (χ0n) is 18.2. The molecule has 1 aliphatic carbocycles. The Morgan fingerprint density at radius 2 is 2.09 bits per heavy atom. The van der Waals surface area contributed by atoms with Gasteiger partial charge in [-0.15, -0.1) is 0 Å². The zero-order chi connectivity index (χ0) is 23.3. The number of thiazole rings is 1. The minimum absolute atomic E-state index is 0.0777. The number of nitrogens with zero attached hydrogens (tertiary/aromatic N) is 2. The number of aliphatic hydroxyl groups excluding tert-OH is 1. The lowest BCUT2D eigenvalue weighted by molar-refractivity contribution is -0.118. The maximum Gasteiger partial charge on any atom is 0.236 e. The number of hydrogen-bond donors (Lipinski definition) is 3.